The topological polar surface area (TPSA) is 6.48 Å². The van der Waals surface area contributed by atoms with Crippen molar-refractivity contribution in [3.8, 4) is 0 Å². The quantitative estimate of drug-likeness (QED) is 0.204. The molecule has 0 N–H and O–H groups in total. The predicted molar refractivity (Wildman–Crippen MR) is 171 cm³/mol. The van der Waals surface area contributed by atoms with Gasteiger partial charge in [-0.15, -0.1) is 0 Å². The first kappa shape index (κ1) is 23.8. The molecule has 0 atom stereocenters. The number of hydrogen-bond donors (Lipinski definition) is 0. The first-order valence-electron chi connectivity index (χ1n) is 13.6. The maximum atomic E-state index is 2.31. The molecule has 7 aromatic rings. The average molecular weight is 513 g/mol. The fourth-order valence-corrected chi connectivity index (χ4v) is 5.53. The summed E-state index contributed by atoms with van der Waals surface area (Å²) in [4.78, 5) is 4.62. The van der Waals surface area contributed by atoms with Crippen LogP contribution in [0.4, 0.5) is 34.1 Å². The molecule has 7 aromatic carbocycles. The molecule has 0 bridgehead atoms. The number of benzene rings is 7. The number of rotatable bonds is 6. The zero-order valence-electron chi connectivity index (χ0n) is 22.1. The lowest BCUT2D eigenvalue weighted by molar-refractivity contribution is 1.29. The molecular formula is C38H28N2. The summed E-state index contributed by atoms with van der Waals surface area (Å²) in [7, 11) is 0. The Morgan fingerprint density at radius 1 is 0.250 bits per heavy atom. The van der Waals surface area contributed by atoms with Crippen LogP contribution in [0.1, 0.15) is 0 Å². The zero-order chi connectivity index (χ0) is 26.7. The van der Waals surface area contributed by atoms with Gasteiger partial charge in [-0.05, 0) is 94.3 Å². The lowest BCUT2D eigenvalue weighted by Gasteiger charge is -2.26. The van der Waals surface area contributed by atoms with Crippen molar-refractivity contribution in [2.75, 3.05) is 9.80 Å². The minimum Gasteiger partial charge on any atom is -0.310 e. The van der Waals surface area contributed by atoms with Gasteiger partial charge in [-0.2, -0.15) is 0 Å². The molecule has 0 aliphatic carbocycles. The Bertz CT molecular complexity index is 1660. The van der Waals surface area contributed by atoms with Crippen molar-refractivity contribution in [1.82, 2.24) is 0 Å². The fraction of sp³-hybridized carbons (Fsp3) is 0. The molecule has 40 heavy (non-hydrogen) atoms. The monoisotopic (exact) mass is 512 g/mol. The van der Waals surface area contributed by atoms with E-state index in [1.807, 2.05) is 0 Å². The SMILES string of the molecule is c1ccc(N(c2ccccc2)c2ccc3c(ccc4cc(N(c5ccccc5)c5ccccc5)ccc43)c2)cc1. The van der Waals surface area contributed by atoms with Crippen LogP contribution in [0.3, 0.4) is 0 Å². The van der Waals surface area contributed by atoms with E-state index in [-0.39, 0.29) is 0 Å². The van der Waals surface area contributed by atoms with Gasteiger partial charge < -0.3 is 9.80 Å². The number of para-hydroxylation sites is 4. The molecular weight excluding hydrogens is 484 g/mol. The highest BCUT2D eigenvalue weighted by molar-refractivity contribution is 6.09. The van der Waals surface area contributed by atoms with Crippen molar-refractivity contribution in [1.29, 1.82) is 0 Å². The van der Waals surface area contributed by atoms with Crippen molar-refractivity contribution in [2.45, 2.75) is 0 Å². The second kappa shape index (κ2) is 10.4. The van der Waals surface area contributed by atoms with Gasteiger partial charge in [0, 0.05) is 34.1 Å². The lowest BCUT2D eigenvalue weighted by atomic mass is 10.00. The van der Waals surface area contributed by atoms with Crippen molar-refractivity contribution >= 4 is 55.7 Å². The van der Waals surface area contributed by atoms with Gasteiger partial charge in [0.15, 0.2) is 0 Å². The smallest absolute Gasteiger partial charge is 0.0468 e. The average Bonchev–Trinajstić information content (AvgIpc) is 3.03. The molecule has 0 aliphatic heterocycles. The van der Waals surface area contributed by atoms with Crippen molar-refractivity contribution < 1.29 is 0 Å². The van der Waals surface area contributed by atoms with Gasteiger partial charge in [0.05, 0.1) is 0 Å². The van der Waals surface area contributed by atoms with E-state index >= 15 is 0 Å². The van der Waals surface area contributed by atoms with Crippen LogP contribution >= 0.6 is 0 Å². The van der Waals surface area contributed by atoms with Crippen LogP contribution in [0.5, 0.6) is 0 Å². The van der Waals surface area contributed by atoms with Gasteiger partial charge in [0.1, 0.15) is 0 Å². The Morgan fingerprint density at radius 3 is 0.850 bits per heavy atom. The van der Waals surface area contributed by atoms with E-state index in [9.17, 15) is 0 Å². The van der Waals surface area contributed by atoms with Crippen LogP contribution in [0.15, 0.2) is 170 Å². The van der Waals surface area contributed by atoms with E-state index in [2.05, 4.69) is 180 Å². The van der Waals surface area contributed by atoms with E-state index in [1.54, 1.807) is 0 Å². The lowest BCUT2D eigenvalue weighted by Crippen LogP contribution is -2.09. The third-order valence-corrected chi connectivity index (χ3v) is 7.38. The number of fused-ring (bicyclic) bond motifs is 3. The van der Waals surface area contributed by atoms with E-state index in [4.69, 9.17) is 0 Å². The largest absolute Gasteiger partial charge is 0.310 e. The first-order valence-corrected chi connectivity index (χ1v) is 13.6. The van der Waals surface area contributed by atoms with Gasteiger partial charge in [-0.1, -0.05) is 97.1 Å². The maximum Gasteiger partial charge on any atom is 0.0468 e. The second-order valence-electron chi connectivity index (χ2n) is 9.89. The van der Waals surface area contributed by atoms with Crippen LogP contribution < -0.4 is 9.80 Å². The predicted octanol–water partition coefficient (Wildman–Crippen LogP) is 10.9. The molecule has 0 fully saturated rings. The third kappa shape index (κ3) is 4.46. The molecule has 7 rings (SSSR count). The molecule has 0 saturated carbocycles. The molecule has 0 unspecified atom stereocenters. The van der Waals surface area contributed by atoms with Crippen molar-refractivity contribution in [2.24, 2.45) is 0 Å². The highest BCUT2D eigenvalue weighted by Crippen LogP contribution is 2.39. The molecule has 0 aliphatic rings. The fourth-order valence-electron chi connectivity index (χ4n) is 5.53. The highest BCUT2D eigenvalue weighted by Gasteiger charge is 2.15. The van der Waals surface area contributed by atoms with Crippen LogP contribution in [0, 0.1) is 0 Å². The third-order valence-electron chi connectivity index (χ3n) is 7.38. The van der Waals surface area contributed by atoms with E-state index in [0.717, 1.165) is 34.1 Å². The van der Waals surface area contributed by atoms with Gasteiger partial charge in [0.2, 0.25) is 0 Å². The summed E-state index contributed by atoms with van der Waals surface area (Å²) >= 11 is 0. The van der Waals surface area contributed by atoms with E-state index in [0.29, 0.717) is 0 Å². The summed E-state index contributed by atoms with van der Waals surface area (Å²) in [5.74, 6) is 0. The second-order valence-corrected chi connectivity index (χ2v) is 9.89. The molecule has 2 heteroatoms. The Kier molecular flexibility index (Phi) is 6.20. The van der Waals surface area contributed by atoms with Gasteiger partial charge in [-0.25, -0.2) is 0 Å². The number of nitrogens with zero attached hydrogens (tertiary/aromatic N) is 2. The highest BCUT2D eigenvalue weighted by atomic mass is 15.1. The Labute approximate surface area is 235 Å². The van der Waals surface area contributed by atoms with Crippen molar-refractivity contribution in [3.05, 3.63) is 170 Å². The molecule has 0 radical (unpaired) electrons. The molecule has 0 amide bonds. The minimum absolute atomic E-state index is 1.14. The Morgan fingerprint density at radius 2 is 0.550 bits per heavy atom. The normalized spacial score (nSPS) is 11.0. The molecule has 190 valence electrons. The van der Waals surface area contributed by atoms with Gasteiger partial charge in [0.25, 0.3) is 0 Å². The van der Waals surface area contributed by atoms with Gasteiger partial charge >= 0.3 is 0 Å². The summed E-state index contributed by atoms with van der Waals surface area (Å²) in [6, 6.07) is 60.3. The van der Waals surface area contributed by atoms with Crippen LogP contribution in [-0.2, 0) is 0 Å². The Balaban J connectivity index is 1.33. The number of anilines is 6. The van der Waals surface area contributed by atoms with E-state index in [1.165, 1.54) is 21.5 Å². The first-order chi connectivity index (χ1) is 19.8. The van der Waals surface area contributed by atoms with Crippen LogP contribution in [-0.4, -0.2) is 0 Å². The summed E-state index contributed by atoms with van der Waals surface area (Å²) in [6.07, 6.45) is 0. The molecule has 2 nitrogen and oxygen atoms in total. The van der Waals surface area contributed by atoms with Crippen LogP contribution in [0.25, 0.3) is 21.5 Å². The van der Waals surface area contributed by atoms with Gasteiger partial charge in [-0.3, -0.25) is 0 Å². The zero-order valence-corrected chi connectivity index (χ0v) is 22.1. The molecule has 0 heterocycles. The van der Waals surface area contributed by atoms with Crippen molar-refractivity contribution in [3.63, 3.8) is 0 Å². The van der Waals surface area contributed by atoms with E-state index < -0.39 is 0 Å². The maximum absolute atomic E-state index is 2.31. The summed E-state index contributed by atoms with van der Waals surface area (Å²) in [6.45, 7) is 0. The van der Waals surface area contributed by atoms with Crippen LogP contribution in [0.2, 0.25) is 0 Å². The molecule has 0 aromatic heterocycles. The Hall–Kier alpha value is -5.34. The number of hydrogen-bond acceptors (Lipinski definition) is 2. The molecule has 0 saturated heterocycles. The minimum atomic E-state index is 1.14. The summed E-state index contributed by atoms with van der Waals surface area (Å²) < 4.78 is 0. The summed E-state index contributed by atoms with van der Waals surface area (Å²) in [5.41, 5.74) is 6.84. The standard InChI is InChI=1S/C38H28N2/c1-5-13-31(14-6-1)39(32-15-7-2-8-16-32)35-23-25-37-29(27-35)21-22-30-28-36(24-26-38(30)37)40(33-17-9-3-10-18-33)34-19-11-4-12-20-34/h1-28H. The summed E-state index contributed by atoms with van der Waals surface area (Å²) in [5, 5.41) is 4.94. The molecule has 0 spiro atoms.